The topological polar surface area (TPSA) is 26.0 Å². The highest BCUT2D eigenvalue weighted by Gasteiger charge is 2.09. The lowest BCUT2D eigenvalue weighted by Gasteiger charge is -2.12. The summed E-state index contributed by atoms with van der Waals surface area (Å²) < 4.78 is 2.25. The van der Waals surface area contributed by atoms with Gasteiger partial charge in [-0.2, -0.15) is 0 Å². The molecule has 1 rings (SSSR count). The SMILES string of the molecule is C#CCCC(N)c1cc(Br)ccc1I. The van der Waals surface area contributed by atoms with Crippen LogP contribution in [-0.2, 0) is 0 Å². The molecule has 0 heterocycles. The largest absolute Gasteiger partial charge is 0.324 e. The zero-order valence-electron chi connectivity index (χ0n) is 7.63. The molecule has 0 spiro atoms. The van der Waals surface area contributed by atoms with Gasteiger partial charge in [0.1, 0.15) is 0 Å². The summed E-state index contributed by atoms with van der Waals surface area (Å²) in [6.07, 6.45) is 6.77. The molecule has 1 nitrogen and oxygen atoms in total. The first kappa shape index (κ1) is 12.0. The van der Waals surface area contributed by atoms with Gasteiger partial charge in [0.05, 0.1) is 0 Å². The predicted molar refractivity (Wildman–Crippen MR) is 71.9 cm³/mol. The maximum absolute atomic E-state index is 6.03. The minimum Gasteiger partial charge on any atom is -0.324 e. The number of terminal acetylenes is 1. The molecule has 0 amide bonds. The maximum Gasteiger partial charge on any atom is 0.0314 e. The highest BCUT2D eigenvalue weighted by atomic mass is 127. The van der Waals surface area contributed by atoms with Gasteiger partial charge in [-0.15, -0.1) is 12.3 Å². The smallest absolute Gasteiger partial charge is 0.0314 e. The van der Waals surface area contributed by atoms with E-state index >= 15 is 0 Å². The van der Waals surface area contributed by atoms with E-state index in [0.29, 0.717) is 0 Å². The number of hydrogen-bond acceptors (Lipinski definition) is 1. The normalized spacial score (nSPS) is 12.1. The molecule has 1 unspecified atom stereocenters. The molecule has 2 N–H and O–H groups in total. The van der Waals surface area contributed by atoms with E-state index in [4.69, 9.17) is 12.2 Å². The Morgan fingerprint density at radius 2 is 2.29 bits per heavy atom. The Bertz CT molecular complexity index is 357. The zero-order chi connectivity index (χ0) is 10.6. The molecule has 0 bridgehead atoms. The quantitative estimate of drug-likeness (QED) is 0.645. The van der Waals surface area contributed by atoms with Crippen molar-refractivity contribution in [2.24, 2.45) is 5.73 Å². The fourth-order valence-electron chi connectivity index (χ4n) is 1.19. The molecule has 3 heteroatoms. The molecule has 0 aromatic heterocycles. The van der Waals surface area contributed by atoms with E-state index in [0.717, 1.165) is 22.9 Å². The van der Waals surface area contributed by atoms with Crippen LogP contribution in [0.1, 0.15) is 24.4 Å². The van der Waals surface area contributed by atoms with Gasteiger partial charge in [-0.05, 0) is 52.8 Å². The Kier molecular flexibility index (Phi) is 4.93. The highest BCUT2D eigenvalue weighted by molar-refractivity contribution is 14.1. The van der Waals surface area contributed by atoms with Gasteiger partial charge in [0.25, 0.3) is 0 Å². The van der Waals surface area contributed by atoms with Crippen molar-refractivity contribution in [3.8, 4) is 12.3 Å². The lowest BCUT2D eigenvalue weighted by atomic mass is 10.0. The second-order valence-corrected chi connectivity index (χ2v) is 5.09. The van der Waals surface area contributed by atoms with E-state index in [1.54, 1.807) is 0 Å². The number of rotatable bonds is 3. The molecule has 0 saturated heterocycles. The maximum atomic E-state index is 6.03. The van der Waals surface area contributed by atoms with Crippen molar-refractivity contribution < 1.29 is 0 Å². The van der Waals surface area contributed by atoms with Gasteiger partial charge in [-0.3, -0.25) is 0 Å². The van der Waals surface area contributed by atoms with E-state index in [1.165, 1.54) is 3.57 Å². The summed E-state index contributed by atoms with van der Waals surface area (Å²) in [6, 6.07) is 6.16. The molecule has 0 aliphatic rings. The monoisotopic (exact) mass is 363 g/mol. The van der Waals surface area contributed by atoms with E-state index < -0.39 is 0 Å². The Labute approximate surface area is 107 Å². The van der Waals surface area contributed by atoms with Crippen LogP contribution in [0.3, 0.4) is 0 Å². The summed E-state index contributed by atoms with van der Waals surface area (Å²) in [5, 5.41) is 0. The second kappa shape index (κ2) is 5.74. The van der Waals surface area contributed by atoms with E-state index in [2.05, 4.69) is 56.6 Å². The Morgan fingerprint density at radius 3 is 2.93 bits per heavy atom. The summed E-state index contributed by atoms with van der Waals surface area (Å²) >= 11 is 5.73. The van der Waals surface area contributed by atoms with Crippen LogP contribution in [0.2, 0.25) is 0 Å². The van der Waals surface area contributed by atoms with Crippen LogP contribution in [0.15, 0.2) is 22.7 Å². The zero-order valence-corrected chi connectivity index (χ0v) is 11.4. The first-order valence-corrected chi connectivity index (χ1v) is 6.16. The fourth-order valence-corrected chi connectivity index (χ4v) is 2.31. The molecule has 74 valence electrons. The summed E-state index contributed by atoms with van der Waals surface area (Å²) in [7, 11) is 0. The molecule has 0 aliphatic carbocycles. The molecular formula is C11H11BrIN. The summed E-state index contributed by atoms with van der Waals surface area (Å²) in [5.41, 5.74) is 7.19. The van der Waals surface area contributed by atoms with Crippen LogP contribution in [0.5, 0.6) is 0 Å². The third-order valence-electron chi connectivity index (χ3n) is 1.96. The fraction of sp³-hybridized carbons (Fsp3) is 0.273. The van der Waals surface area contributed by atoms with Crippen molar-refractivity contribution in [2.45, 2.75) is 18.9 Å². The van der Waals surface area contributed by atoms with E-state index in [9.17, 15) is 0 Å². The number of hydrogen-bond donors (Lipinski definition) is 1. The van der Waals surface area contributed by atoms with Crippen LogP contribution >= 0.6 is 38.5 Å². The van der Waals surface area contributed by atoms with E-state index in [-0.39, 0.29) is 6.04 Å². The first-order valence-electron chi connectivity index (χ1n) is 4.29. The van der Waals surface area contributed by atoms with Crippen LogP contribution < -0.4 is 5.73 Å². The number of benzene rings is 1. The van der Waals surface area contributed by atoms with Crippen molar-refractivity contribution >= 4 is 38.5 Å². The number of nitrogens with two attached hydrogens (primary N) is 1. The molecule has 0 fully saturated rings. The van der Waals surface area contributed by atoms with Gasteiger partial charge in [-0.25, -0.2) is 0 Å². The average molecular weight is 364 g/mol. The lowest BCUT2D eigenvalue weighted by molar-refractivity contribution is 0.664. The molecule has 14 heavy (non-hydrogen) atoms. The van der Waals surface area contributed by atoms with Gasteiger partial charge < -0.3 is 5.73 Å². The Balaban J connectivity index is 2.83. The third-order valence-corrected chi connectivity index (χ3v) is 3.43. The van der Waals surface area contributed by atoms with Crippen molar-refractivity contribution in [3.63, 3.8) is 0 Å². The Morgan fingerprint density at radius 1 is 1.57 bits per heavy atom. The molecule has 1 aromatic rings. The van der Waals surface area contributed by atoms with Crippen LogP contribution in [0.4, 0.5) is 0 Å². The highest BCUT2D eigenvalue weighted by Crippen LogP contribution is 2.25. The second-order valence-electron chi connectivity index (χ2n) is 3.02. The van der Waals surface area contributed by atoms with Crippen molar-refractivity contribution in [3.05, 3.63) is 31.8 Å². The lowest BCUT2D eigenvalue weighted by Crippen LogP contribution is -2.11. The van der Waals surface area contributed by atoms with Gasteiger partial charge in [0.15, 0.2) is 0 Å². The molecule has 0 aliphatic heterocycles. The molecule has 1 aromatic carbocycles. The van der Waals surface area contributed by atoms with Crippen LogP contribution in [0, 0.1) is 15.9 Å². The summed E-state index contributed by atoms with van der Waals surface area (Å²) in [6.45, 7) is 0. The van der Waals surface area contributed by atoms with Crippen molar-refractivity contribution in [1.29, 1.82) is 0 Å². The Hall–Kier alpha value is -0.0500. The van der Waals surface area contributed by atoms with E-state index in [1.807, 2.05) is 6.07 Å². The standard InChI is InChI=1S/C11H11BrIN/c1-2-3-4-11(14)9-7-8(12)5-6-10(9)13/h1,5-7,11H,3-4,14H2. The molecule has 0 radical (unpaired) electrons. The minimum atomic E-state index is 0.0375. The van der Waals surface area contributed by atoms with Gasteiger partial charge >= 0.3 is 0 Å². The molecular weight excluding hydrogens is 353 g/mol. The van der Waals surface area contributed by atoms with Crippen molar-refractivity contribution in [2.75, 3.05) is 0 Å². The number of halogens is 2. The minimum absolute atomic E-state index is 0.0375. The molecule has 0 saturated carbocycles. The van der Waals surface area contributed by atoms with Gasteiger partial charge in [0, 0.05) is 20.5 Å². The summed E-state index contributed by atoms with van der Waals surface area (Å²) in [5.74, 6) is 2.61. The first-order chi connectivity index (χ1) is 6.65. The van der Waals surface area contributed by atoms with Crippen LogP contribution in [0.25, 0.3) is 0 Å². The predicted octanol–water partition coefficient (Wildman–Crippen LogP) is 3.47. The van der Waals surface area contributed by atoms with Gasteiger partial charge in [0.2, 0.25) is 0 Å². The third kappa shape index (κ3) is 3.26. The average Bonchev–Trinajstić information content (AvgIpc) is 2.18. The van der Waals surface area contributed by atoms with Crippen LogP contribution in [-0.4, -0.2) is 0 Å². The summed E-state index contributed by atoms with van der Waals surface area (Å²) in [4.78, 5) is 0. The van der Waals surface area contributed by atoms with Gasteiger partial charge in [-0.1, -0.05) is 15.9 Å². The molecule has 1 atom stereocenters. The van der Waals surface area contributed by atoms with Crippen molar-refractivity contribution in [1.82, 2.24) is 0 Å².